The summed E-state index contributed by atoms with van der Waals surface area (Å²) in [5, 5.41) is 15.6. The van der Waals surface area contributed by atoms with E-state index in [9.17, 15) is 10.1 Å². The Morgan fingerprint density at radius 3 is 2.82 bits per heavy atom. The number of halogens is 1. The van der Waals surface area contributed by atoms with Crippen LogP contribution >= 0.6 is 22.9 Å². The van der Waals surface area contributed by atoms with Crippen molar-refractivity contribution in [1.29, 1.82) is 5.26 Å². The summed E-state index contributed by atoms with van der Waals surface area (Å²) in [6, 6.07) is 15.3. The molecule has 5 rings (SSSR count). The number of hydrogen-bond acceptors (Lipinski definition) is 6. The average molecular weight is 477 g/mol. The number of hydrogen-bond donors (Lipinski definition) is 0. The fourth-order valence-electron chi connectivity index (χ4n) is 4.16. The number of aryl methyl sites for hydroxylation is 1. The van der Waals surface area contributed by atoms with Gasteiger partial charge in [0.15, 0.2) is 0 Å². The lowest BCUT2D eigenvalue weighted by Gasteiger charge is -2.23. The van der Waals surface area contributed by atoms with Crippen LogP contribution in [0.1, 0.15) is 27.3 Å². The maximum absolute atomic E-state index is 13.4. The highest BCUT2D eigenvalue weighted by Crippen LogP contribution is 2.33. The molecule has 0 N–H and O–H groups in total. The van der Waals surface area contributed by atoms with E-state index < -0.39 is 0 Å². The fraction of sp³-hybridized carbons (Fsp3) is 0.250. The van der Waals surface area contributed by atoms with Crippen molar-refractivity contribution >= 4 is 44.9 Å². The zero-order valence-electron chi connectivity index (χ0n) is 18.0. The SMILES string of the molecule is Cc1nn(-c2ccccc2Cl)c2sc(C(=O)N3CCCN(c4ncccc4C#N)CC3)cc12. The number of aromatic nitrogens is 3. The predicted octanol–water partition coefficient (Wildman–Crippen LogP) is 4.67. The molecule has 0 radical (unpaired) electrons. The minimum absolute atomic E-state index is 0.0182. The number of carbonyl (C=O) groups excluding carboxylic acids is 1. The van der Waals surface area contributed by atoms with Crippen LogP contribution in [-0.2, 0) is 0 Å². The first-order valence-corrected chi connectivity index (χ1v) is 11.9. The third-order valence-electron chi connectivity index (χ3n) is 5.83. The van der Waals surface area contributed by atoms with Gasteiger partial charge in [0.1, 0.15) is 16.7 Å². The van der Waals surface area contributed by atoms with Crippen LogP contribution in [0.15, 0.2) is 48.7 Å². The molecule has 0 bridgehead atoms. The van der Waals surface area contributed by atoms with E-state index in [1.807, 2.05) is 46.8 Å². The first-order chi connectivity index (χ1) is 16.1. The van der Waals surface area contributed by atoms with Crippen molar-refractivity contribution in [2.75, 3.05) is 31.1 Å². The number of benzene rings is 1. The minimum atomic E-state index is 0.0182. The second-order valence-electron chi connectivity index (χ2n) is 7.90. The Hall–Kier alpha value is -3.41. The summed E-state index contributed by atoms with van der Waals surface area (Å²) in [7, 11) is 0. The van der Waals surface area contributed by atoms with Crippen LogP contribution in [0.2, 0.25) is 5.02 Å². The normalized spacial score (nSPS) is 14.3. The van der Waals surface area contributed by atoms with Gasteiger partial charge in [0, 0.05) is 37.8 Å². The van der Waals surface area contributed by atoms with E-state index in [4.69, 9.17) is 11.6 Å². The van der Waals surface area contributed by atoms with Crippen molar-refractivity contribution in [3.63, 3.8) is 0 Å². The Bertz CT molecular complexity index is 1390. The lowest BCUT2D eigenvalue weighted by atomic mass is 10.2. The van der Waals surface area contributed by atoms with Gasteiger partial charge in [-0.25, -0.2) is 9.67 Å². The van der Waals surface area contributed by atoms with Crippen LogP contribution < -0.4 is 4.90 Å². The largest absolute Gasteiger partial charge is 0.354 e. The highest BCUT2D eigenvalue weighted by molar-refractivity contribution is 7.20. The number of thiophene rings is 1. The zero-order valence-corrected chi connectivity index (χ0v) is 19.6. The van der Waals surface area contributed by atoms with E-state index in [2.05, 4.69) is 21.1 Å². The number of anilines is 1. The van der Waals surface area contributed by atoms with Crippen LogP contribution in [0.5, 0.6) is 0 Å². The standard InChI is InChI=1S/C24H21ClN6OS/c1-16-18-14-21(33-24(18)31(28-16)20-8-3-2-7-19(20)25)23(32)30-11-5-10-29(12-13-30)22-17(15-26)6-4-9-27-22/h2-4,6-9,14H,5,10-13H2,1H3. The van der Waals surface area contributed by atoms with E-state index in [-0.39, 0.29) is 5.91 Å². The van der Waals surface area contributed by atoms with Gasteiger partial charge in [-0.05, 0) is 43.7 Å². The fourth-order valence-corrected chi connectivity index (χ4v) is 5.52. The summed E-state index contributed by atoms with van der Waals surface area (Å²) < 4.78 is 1.82. The summed E-state index contributed by atoms with van der Waals surface area (Å²) in [5.74, 6) is 0.705. The van der Waals surface area contributed by atoms with Crippen molar-refractivity contribution in [1.82, 2.24) is 19.7 Å². The van der Waals surface area contributed by atoms with Crippen molar-refractivity contribution in [3.05, 3.63) is 69.8 Å². The first-order valence-electron chi connectivity index (χ1n) is 10.7. The molecule has 33 heavy (non-hydrogen) atoms. The molecular formula is C24H21ClN6OS. The molecule has 166 valence electrons. The zero-order chi connectivity index (χ0) is 22.9. The first kappa shape index (κ1) is 21.4. The highest BCUT2D eigenvalue weighted by Gasteiger charge is 2.25. The number of amides is 1. The van der Waals surface area contributed by atoms with E-state index in [0.717, 1.165) is 34.6 Å². The number of rotatable bonds is 3. The molecule has 0 aliphatic carbocycles. The molecule has 9 heteroatoms. The van der Waals surface area contributed by atoms with Crippen LogP contribution in [0.25, 0.3) is 15.9 Å². The third kappa shape index (κ3) is 3.94. The summed E-state index contributed by atoms with van der Waals surface area (Å²) in [6.07, 6.45) is 2.51. The molecule has 4 aromatic rings. The predicted molar refractivity (Wildman–Crippen MR) is 130 cm³/mol. The number of nitriles is 1. The smallest absolute Gasteiger partial charge is 0.264 e. The van der Waals surface area contributed by atoms with Gasteiger partial charge in [-0.15, -0.1) is 11.3 Å². The van der Waals surface area contributed by atoms with Crippen molar-refractivity contribution in [2.45, 2.75) is 13.3 Å². The molecule has 3 aromatic heterocycles. The average Bonchev–Trinajstić information content (AvgIpc) is 3.30. The Kier molecular flexibility index (Phi) is 5.75. The number of fused-ring (bicyclic) bond motifs is 1. The molecule has 4 heterocycles. The number of carbonyl (C=O) groups is 1. The molecule has 7 nitrogen and oxygen atoms in total. The van der Waals surface area contributed by atoms with Gasteiger partial charge >= 0.3 is 0 Å². The van der Waals surface area contributed by atoms with Gasteiger partial charge in [-0.2, -0.15) is 10.4 Å². The van der Waals surface area contributed by atoms with Crippen LogP contribution in [0.4, 0.5) is 5.82 Å². The summed E-state index contributed by atoms with van der Waals surface area (Å²) in [5.41, 5.74) is 2.22. The minimum Gasteiger partial charge on any atom is -0.354 e. The topological polar surface area (TPSA) is 78.1 Å². The molecule has 0 saturated carbocycles. The molecule has 1 aliphatic rings. The summed E-state index contributed by atoms with van der Waals surface area (Å²) >= 11 is 7.84. The van der Waals surface area contributed by atoms with Crippen LogP contribution in [0, 0.1) is 18.3 Å². The molecule has 1 aliphatic heterocycles. The Labute approximate surface area is 200 Å². The second-order valence-corrected chi connectivity index (χ2v) is 9.34. The van der Waals surface area contributed by atoms with E-state index in [0.29, 0.717) is 40.9 Å². The maximum atomic E-state index is 13.4. The Balaban J connectivity index is 1.40. The van der Waals surface area contributed by atoms with Gasteiger partial charge in [0.05, 0.1) is 26.8 Å². The molecule has 1 amide bonds. The summed E-state index contributed by atoms with van der Waals surface area (Å²) in [6.45, 7) is 4.56. The summed E-state index contributed by atoms with van der Waals surface area (Å²) in [4.78, 5) is 23.4. The Morgan fingerprint density at radius 2 is 2.00 bits per heavy atom. The lowest BCUT2D eigenvalue weighted by molar-refractivity contribution is 0.0772. The van der Waals surface area contributed by atoms with Gasteiger partial charge in [-0.3, -0.25) is 4.79 Å². The second kappa shape index (κ2) is 8.85. The molecule has 1 fully saturated rings. The maximum Gasteiger partial charge on any atom is 0.264 e. The van der Waals surface area contributed by atoms with E-state index in [1.165, 1.54) is 11.3 Å². The van der Waals surface area contributed by atoms with Crippen LogP contribution in [-0.4, -0.2) is 51.8 Å². The monoisotopic (exact) mass is 476 g/mol. The lowest BCUT2D eigenvalue weighted by Crippen LogP contribution is -2.35. The van der Waals surface area contributed by atoms with Crippen molar-refractivity contribution in [3.8, 4) is 11.8 Å². The number of nitrogens with zero attached hydrogens (tertiary/aromatic N) is 6. The molecule has 0 atom stereocenters. The van der Waals surface area contributed by atoms with Crippen LogP contribution in [0.3, 0.4) is 0 Å². The van der Waals surface area contributed by atoms with Gasteiger partial charge < -0.3 is 9.80 Å². The van der Waals surface area contributed by atoms with Gasteiger partial charge in [-0.1, -0.05) is 23.7 Å². The van der Waals surface area contributed by atoms with E-state index >= 15 is 0 Å². The molecule has 0 unspecified atom stereocenters. The molecule has 1 aromatic carbocycles. The van der Waals surface area contributed by atoms with Crippen molar-refractivity contribution in [2.24, 2.45) is 0 Å². The molecule has 1 saturated heterocycles. The number of pyridine rings is 1. The van der Waals surface area contributed by atoms with E-state index in [1.54, 1.807) is 18.3 Å². The quantitative estimate of drug-likeness (QED) is 0.429. The van der Waals surface area contributed by atoms with Crippen molar-refractivity contribution < 1.29 is 4.79 Å². The highest BCUT2D eigenvalue weighted by atomic mass is 35.5. The number of para-hydroxylation sites is 1. The van der Waals surface area contributed by atoms with Gasteiger partial charge in [0.25, 0.3) is 5.91 Å². The third-order valence-corrected chi connectivity index (χ3v) is 7.24. The Morgan fingerprint density at radius 1 is 1.15 bits per heavy atom. The molecule has 0 spiro atoms. The van der Waals surface area contributed by atoms with Gasteiger partial charge in [0.2, 0.25) is 0 Å². The molecular weight excluding hydrogens is 456 g/mol.